The van der Waals surface area contributed by atoms with Crippen LogP contribution in [0.5, 0.6) is 11.5 Å². The van der Waals surface area contributed by atoms with Crippen molar-refractivity contribution in [2.75, 3.05) is 27.3 Å². The topological polar surface area (TPSA) is 47.7 Å². The summed E-state index contributed by atoms with van der Waals surface area (Å²) in [5, 5.41) is 0. The summed E-state index contributed by atoms with van der Waals surface area (Å²) in [7, 11) is 3.34. The Morgan fingerprint density at radius 2 is 1.85 bits per heavy atom. The summed E-state index contributed by atoms with van der Waals surface area (Å²) in [4.78, 5) is 2.38. The van der Waals surface area contributed by atoms with E-state index in [1.165, 1.54) is 19.3 Å². The highest BCUT2D eigenvalue weighted by molar-refractivity contribution is 5.47. The van der Waals surface area contributed by atoms with Crippen molar-refractivity contribution in [2.45, 2.75) is 38.3 Å². The van der Waals surface area contributed by atoms with Gasteiger partial charge in [0.2, 0.25) is 0 Å². The number of benzene rings is 1. The highest BCUT2D eigenvalue weighted by atomic mass is 16.5. The van der Waals surface area contributed by atoms with E-state index < -0.39 is 0 Å². The molecule has 4 heteroatoms. The lowest BCUT2D eigenvalue weighted by Crippen LogP contribution is -2.56. The van der Waals surface area contributed by atoms with E-state index in [-0.39, 0.29) is 5.66 Å². The van der Waals surface area contributed by atoms with E-state index in [2.05, 4.69) is 17.9 Å². The molecular weight excluding hydrogens is 252 g/mol. The largest absolute Gasteiger partial charge is 0.493 e. The van der Waals surface area contributed by atoms with Crippen LogP contribution < -0.4 is 15.2 Å². The van der Waals surface area contributed by atoms with Crippen LogP contribution in [0.4, 0.5) is 0 Å². The third kappa shape index (κ3) is 3.25. The van der Waals surface area contributed by atoms with Crippen molar-refractivity contribution in [2.24, 2.45) is 5.73 Å². The zero-order chi connectivity index (χ0) is 14.6. The van der Waals surface area contributed by atoms with Gasteiger partial charge in [0.25, 0.3) is 0 Å². The second kappa shape index (κ2) is 6.46. The van der Waals surface area contributed by atoms with Crippen molar-refractivity contribution in [3.63, 3.8) is 0 Å². The number of methoxy groups -OCH3 is 2. The van der Waals surface area contributed by atoms with Crippen molar-refractivity contribution >= 4 is 0 Å². The van der Waals surface area contributed by atoms with Crippen LogP contribution in [-0.2, 0) is 6.42 Å². The minimum absolute atomic E-state index is 0.347. The number of hydrogen-bond donors (Lipinski definition) is 1. The number of likely N-dealkylation sites (tertiary alicyclic amines) is 1. The first-order chi connectivity index (χ1) is 9.58. The number of ether oxygens (including phenoxy) is 2. The first-order valence-corrected chi connectivity index (χ1v) is 7.32. The lowest BCUT2D eigenvalue weighted by molar-refractivity contribution is 0.0850. The van der Waals surface area contributed by atoms with Gasteiger partial charge in [0.05, 0.1) is 19.9 Å². The molecule has 112 valence electrons. The van der Waals surface area contributed by atoms with Gasteiger partial charge in [-0.2, -0.15) is 0 Å². The van der Waals surface area contributed by atoms with Crippen LogP contribution >= 0.6 is 0 Å². The zero-order valence-electron chi connectivity index (χ0n) is 12.8. The first kappa shape index (κ1) is 15.1. The molecule has 1 atom stereocenters. The molecule has 0 radical (unpaired) electrons. The van der Waals surface area contributed by atoms with E-state index in [4.69, 9.17) is 15.2 Å². The van der Waals surface area contributed by atoms with Crippen LogP contribution in [0.1, 0.15) is 31.7 Å². The SMILES string of the molecule is COc1cccc(CC(C)(N)N2CCCCC2)c1OC. The van der Waals surface area contributed by atoms with Gasteiger partial charge in [-0.1, -0.05) is 18.6 Å². The zero-order valence-corrected chi connectivity index (χ0v) is 12.8. The highest BCUT2D eigenvalue weighted by Gasteiger charge is 2.30. The van der Waals surface area contributed by atoms with Gasteiger partial charge in [-0.05, 0) is 38.9 Å². The average Bonchev–Trinajstić information content (AvgIpc) is 2.47. The van der Waals surface area contributed by atoms with Crippen LogP contribution in [0.15, 0.2) is 18.2 Å². The predicted molar refractivity (Wildman–Crippen MR) is 81.3 cm³/mol. The Bertz CT molecular complexity index is 440. The fraction of sp³-hybridized carbons (Fsp3) is 0.625. The van der Waals surface area contributed by atoms with Crippen LogP contribution in [0.25, 0.3) is 0 Å². The normalized spacial score (nSPS) is 19.4. The van der Waals surface area contributed by atoms with Gasteiger partial charge >= 0.3 is 0 Å². The molecular formula is C16H26N2O2. The van der Waals surface area contributed by atoms with Gasteiger partial charge in [0.15, 0.2) is 11.5 Å². The maximum Gasteiger partial charge on any atom is 0.164 e. The van der Waals surface area contributed by atoms with E-state index >= 15 is 0 Å². The van der Waals surface area contributed by atoms with Crippen molar-refractivity contribution in [3.8, 4) is 11.5 Å². The van der Waals surface area contributed by atoms with Crippen LogP contribution in [0.2, 0.25) is 0 Å². The van der Waals surface area contributed by atoms with Gasteiger partial charge < -0.3 is 15.2 Å². The average molecular weight is 278 g/mol. The Kier molecular flexibility index (Phi) is 4.89. The molecule has 20 heavy (non-hydrogen) atoms. The Morgan fingerprint density at radius 3 is 2.45 bits per heavy atom. The number of piperidine rings is 1. The predicted octanol–water partition coefficient (Wildman–Crippen LogP) is 2.41. The number of nitrogens with two attached hydrogens (primary N) is 1. The van der Waals surface area contributed by atoms with Gasteiger partial charge in [0, 0.05) is 12.0 Å². The van der Waals surface area contributed by atoms with Crippen molar-refractivity contribution in [1.82, 2.24) is 4.90 Å². The molecule has 1 aromatic carbocycles. The van der Waals surface area contributed by atoms with Gasteiger partial charge in [-0.25, -0.2) is 0 Å². The minimum atomic E-state index is -0.347. The van der Waals surface area contributed by atoms with Crippen LogP contribution in [0, 0.1) is 0 Å². The molecule has 0 aliphatic carbocycles. The van der Waals surface area contributed by atoms with Gasteiger partial charge in [-0.15, -0.1) is 0 Å². The van der Waals surface area contributed by atoms with E-state index in [0.717, 1.165) is 36.6 Å². The van der Waals surface area contributed by atoms with Gasteiger partial charge in [-0.3, -0.25) is 4.90 Å². The van der Waals surface area contributed by atoms with Crippen molar-refractivity contribution in [3.05, 3.63) is 23.8 Å². The number of hydrogen-bond acceptors (Lipinski definition) is 4. The van der Waals surface area contributed by atoms with Crippen molar-refractivity contribution < 1.29 is 9.47 Å². The Hall–Kier alpha value is -1.26. The Labute approximate surface area is 121 Å². The fourth-order valence-corrected chi connectivity index (χ4v) is 3.00. The molecule has 1 aliphatic rings. The molecule has 2 N–H and O–H groups in total. The molecule has 0 spiro atoms. The lowest BCUT2D eigenvalue weighted by atomic mass is 9.96. The number of nitrogens with zero attached hydrogens (tertiary/aromatic N) is 1. The second-order valence-corrected chi connectivity index (χ2v) is 5.73. The number of rotatable bonds is 5. The maximum absolute atomic E-state index is 6.57. The molecule has 1 aromatic rings. The minimum Gasteiger partial charge on any atom is -0.493 e. The molecule has 1 saturated heterocycles. The Morgan fingerprint density at radius 1 is 1.15 bits per heavy atom. The van der Waals surface area contributed by atoms with E-state index in [1.807, 2.05) is 12.1 Å². The molecule has 0 bridgehead atoms. The summed E-state index contributed by atoms with van der Waals surface area (Å²) in [5.74, 6) is 1.56. The molecule has 4 nitrogen and oxygen atoms in total. The summed E-state index contributed by atoms with van der Waals surface area (Å²) in [6.07, 6.45) is 4.55. The van der Waals surface area contributed by atoms with Gasteiger partial charge in [0.1, 0.15) is 0 Å². The summed E-state index contributed by atoms with van der Waals surface area (Å²) in [5.41, 5.74) is 7.32. The molecule has 1 heterocycles. The quantitative estimate of drug-likeness (QED) is 0.898. The van der Waals surface area contributed by atoms with E-state index in [9.17, 15) is 0 Å². The van der Waals surface area contributed by atoms with Crippen LogP contribution in [0.3, 0.4) is 0 Å². The molecule has 1 aliphatic heterocycles. The number of para-hydroxylation sites is 1. The molecule has 0 saturated carbocycles. The first-order valence-electron chi connectivity index (χ1n) is 7.32. The van der Waals surface area contributed by atoms with E-state index in [1.54, 1.807) is 14.2 Å². The summed E-state index contributed by atoms with van der Waals surface area (Å²) < 4.78 is 10.9. The maximum atomic E-state index is 6.57. The van der Waals surface area contributed by atoms with E-state index in [0.29, 0.717) is 0 Å². The molecule has 1 fully saturated rings. The summed E-state index contributed by atoms with van der Waals surface area (Å²) in [6, 6.07) is 5.97. The van der Waals surface area contributed by atoms with Crippen molar-refractivity contribution in [1.29, 1.82) is 0 Å². The second-order valence-electron chi connectivity index (χ2n) is 5.73. The third-order valence-corrected chi connectivity index (χ3v) is 4.11. The highest BCUT2D eigenvalue weighted by Crippen LogP contribution is 2.33. The molecule has 0 aromatic heterocycles. The third-order valence-electron chi connectivity index (χ3n) is 4.11. The standard InChI is InChI=1S/C16H26N2O2/c1-16(17,18-10-5-4-6-11-18)12-13-8-7-9-14(19-2)15(13)20-3/h7-9H,4-6,10-12,17H2,1-3H3. The lowest BCUT2D eigenvalue weighted by Gasteiger charge is -2.41. The molecule has 0 amide bonds. The fourth-order valence-electron chi connectivity index (χ4n) is 3.00. The molecule has 1 unspecified atom stereocenters. The monoisotopic (exact) mass is 278 g/mol. The summed E-state index contributed by atoms with van der Waals surface area (Å²) in [6.45, 7) is 4.27. The summed E-state index contributed by atoms with van der Waals surface area (Å²) >= 11 is 0. The Balaban J connectivity index is 2.19. The van der Waals surface area contributed by atoms with Crippen LogP contribution in [-0.4, -0.2) is 37.9 Å². The smallest absolute Gasteiger partial charge is 0.164 e. The molecule has 2 rings (SSSR count).